The summed E-state index contributed by atoms with van der Waals surface area (Å²) in [6.45, 7) is 1.44. The Morgan fingerprint density at radius 3 is 2.77 bits per heavy atom. The molecule has 7 nitrogen and oxygen atoms in total. The van der Waals surface area contributed by atoms with Crippen molar-refractivity contribution < 1.29 is 13.9 Å². The van der Waals surface area contributed by atoms with E-state index in [2.05, 4.69) is 25.5 Å². The number of rotatable bonds is 7. The van der Waals surface area contributed by atoms with Crippen LogP contribution in [-0.2, 0) is 11.3 Å². The lowest BCUT2D eigenvalue weighted by molar-refractivity contribution is -0.126. The summed E-state index contributed by atoms with van der Waals surface area (Å²) < 4.78 is 19.3. The topological polar surface area (TPSA) is 79.4 Å². The van der Waals surface area contributed by atoms with E-state index in [1.54, 1.807) is 13.2 Å². The summed E-state index contributed by atoms with van der Waals surface area (Å²) in [6, 6.07) is 8.51. The zero-order valence-corrected chi connectivity index (χ0v) is 20.4. The van der Waals surface area contributed by atoms with Crippen molar-refractivity contribution in [2.75, 3.05) is 19.0 Å². The summed E-state index contributed by atoms with van der Waals surface area (Å²) in [4.78, 5) is 24.1. The Bertz CT molecular complexity index is 1230. The van der Waals surface area contributed by atoms with E-state index in [0.717, 1.165) is 43.2 Å². The smallest absolute Gasteiger partial charge is 0.237 e. The lowest BCUT2D eigenvalue weighted by atomic mass is 10.1. The van der Waals surface area contributed by atoms with Gasteiger partial charge < -0.3 is 15.4 Å². The summed E-state index contributed by atoms with van der Waals surface area (Å²) in [6.07, 6.45) is 7.85. The van der Waals surface area contributed by atoms with Crippen molar-refractivity contribution in [2.24, 2.45) is 0 Å². The highest BCUT2D eigenvalue weighted by Crippen LogP contribution is 2.33. The molecule has 1 aliphatic carbocycles. The monoisotopic (exact) mass is 497 g/mol. The molecule has 35 heavy (non-hydrogen) atoms. The Morgan fingerprint density at radius 1 is 1.17 bits per heavy atom. The van der Waals surface area contributed by atoms with Crippen LogP contribution in [0.1, 0.15) is 44.1 Å². The second kappa shape index (κ2) is 10.3. The minimum absolute atomic E-state index is 0.0340. The molecule has 2 aliphatic rings. The number of methoxy groups -OCH3 is 1. The first-order valence-electron chi connectivity index (χ1n) is 12.1. The number of ether oxygens (including phenoxy) is 1. The Labute approximate surface area is 209 Å². The Kier molecular flexibility index (Phi) is 7.02. The number of nitrogens with zero attached hydrogens (tertiary/aromatic N) is 3. The minimum atomic E-state index is -0.478. The molecule has 0 radical (unpaired) electrons. The summed E-state index contributed by atoms with van der Waals surface area (Å²) in [5.41, 5.74) is 2.29. The average molecular weight is 498 g/mol. The van der Waals surface area contributed by atoms with Crippen LogP contribution in [0, 0.1) is 5.82 Å². The number of benzene rings is 2. The van der Waals surface area contributed by atoms with Crippen molar-refractivity contribution in [3.8, 4) is 5.75 Å². The van der Waals surface area contributed by atoms with Crippen LogP contribution in [0.4, 0.5) is 15.9 Å². The van der Waals surface area contributed by atoms with E-state index in [1.807, 2.05) is 12.1 Å². The first-order chi connectivity index (χ1) is 17.0. The number of nitrogens with one attached hydrogen (secondary N) is 2. The van der Waals surface area contributed by atoms with E-state index in [-0.39, 0.29) is 17.0 Å². The van der Waals surface area contributed by atoms with E-state index in [9.17, 15) is 9.18 Å². The molecule has 1 aromatic heterocycles. The predicted molar refractivity (Wildman–Crippen MR) is 135 cm³/mol. The molecule has 0 spiro atoms. The first-order valence-corrected chi connectivity index (χ1v) is 12.5. The molecule has 2 aromatic carbocycles. The molecule has 1 atom stereocenters. The molecule has 2 N–H and O–H groups in total. The van der Waals surface area contributed by atoms with Crippen molar-refractivity contribution in [1.82, 2.24) is 20.2 Å². The number of hydrogen-bond donors (Lipinski definition) is 2. The second-order valence-corrected chi connectivity index (χ2v) is 9.68. The molecular weight excluding hydrogens is 469 g/mol. The predicted octanol–water partition coefficient (Wildman–Crippen LogP) is 5.20. The molecule has 1 amide bonds. The number of likely N-dealkylation sites (tertiary alicyclic amines) is 1. The maximum absolute atomic E-state index is 13.6. The van der Waals surface area contributed by atoms with Gasteiger partial charge in [0.1, 0.15) is 23.7 Å². The summed E-state index contributed by atoms with van der Waals surface area (Å²) in [5.74, 6) is 0.953. The highest BCUT2D eigenvalue weighted by Gasteiger charge is 2.32. The van der Waals surface area contributed by atoms with Gasteiger partial charge in [-0.15, -0.1) is 0 Å². The van der Waals surface area contributed by atoms with Gasteiger partial charge >= 0.3 is 0 Å². The fourth-order valence-corrected chi connectivity index (χ4v) is 5.33. The largest absolute Gasteiger partial charge is 0.496 e. The summed E-state index contributed by atoms with van der Waals surface area (Å²) in [5, 5.41) is 7.32. The van der Waals surface area contributed by atoms with Gasteiger partial charge in [0.2, 0.25) is 5.91 Å². The van der Waals surface area contributed by atoms with Crippen molar-refractivity contribution >= 4 is 39.9 Å². The van der Waals surface area contributed by atoms with Gasteiger partial charge in [0.15, 0.2) is 0 Å². The minimum Gasteiger partial charge on any atom is -0.496 e. The zero-order valence-electron chi connectivity index (χ0n) is 19.7. The molecular formula is C26H29ClFN5O2. The molecule has 1 saturated heterocycles. The summed E-state index contributed by atoms with van der Waals surface area (Å²) >= 11 is 5.95. The molecule has 184 valence electrons. The molecule has 9 heteroatoms. The Hall–Kier alpha value is -2.97. The first kappa shape index (κ1) is 23.8. The highest BCUT2D eigenvalue weighted by molar-refractivity contribution is 6.31. The van der Waals surface area contributed by atoms with Crippen molar-refractivity contribution in [1.29, 1.82) is 0 Å². The lowest BCUT2D eigenvalue weighted by Crippen LogP contribution is -2.46. The van der Waals surface area contributed by atoms with E-state index in [1.165, 1.54) is 31.3 Å². The number of fused-ring (bicyclic) bond motifs is 1. The maximum atomic E-state index is 13.6. The van der Waals surface area contributed by atoms with Gasteiger partial charge in [0, 0.05) is 35.3 Å². The molecule has 2 fully saturated rings. The molecule has 1 saturated carbocycles. The number of aromatic nitrogens is 2. The number of carbonyl (C=O) groups excluding carboxylic acids is 1. The van der Waals surface area contributed by atoms with Crippen molar-refractivity contribution in [2.45, 2.75) is 57.2 Å². The van der Waals surface area contributed by atoms with Crippen LogP contribution < -0.4 is 15.4 Å². The highest BCUT2D eigenvalue weighted by atomic mass is 35.5. The van der Waals surface area contributed by atoms with Crippen LogP contribution in [0.2, 0.25) is 5.02 Å². The van der Waals surface area contributed by atoms with Gasteiger partial charge in [-0.2, -0.15) is 0 Å². The van der Waals surface area contributed by atoms with Gasteiger partial charge in [-0.1, -0.05) is 24.4 Å². The van der Waals surface area contributed by atoms with Crippen LogP contribution in [0.3, 0.4) is 0 Å². The zero-order chi connectivity index (χ0) is 24.4. The SMILES string of the molecule is COc1cc2ncnc(Nc3ccc(F)c(Cl)c3)c2cc1CN1CCC[C@H]1C(=O)NC1CCCC1. The van der Waals surface area contributed by atoms with Crippen molar-refractivity contribution in [3.05, 3.63) is 53.1 Å². The molecule has 3 aromatic rings. The maximum Gasteiger partial charge on any atom is 0.237 e. The van der Waals surface area contributed by atoms with E-state index >= 15 is 0 Å². The normalized spacial score (nSPS) is 18.8. The van der Waals surface area contributed by atoms with Gasteiger partial charge in [-0.05, 0) is 56.5 Å². The summed E-state index contributed by atoms with van der Waals surface area (Å²) in [7, 11) is 1.64. The van der Waals surface area contributed by atoms with Gasteiger partial charge in [-0.3, -0.25) is 9.69 Å². The second-order valence-electron chi connectivity index (χ2n) is 9.28. The van der Waals surface area contributed by atoms with Crippen LogP contribution >= 0.6 is 11.6 Å². The number of carbonyl (C=O) groups is 1. The molecule has 0 bridgehead atoms. The van der Waals surface area contributed by atoms with E-state index in [0.29, 0.717) is 35.4 Å². The Balaban J connectivity index is 1.41. The third-order valence-electron chi connectivity index (χ3n) is 6.96. The molecule has 5 rings (SSSR count). The van der Waals surface area contributed by atoms with E-state index < -0.39 is 5.82 Å². The number of amides is 1. The molecule has 2 heterocycles. The van der Waals surface area contributed by atoms with Gasteiger partial charge in [0.25, 0.3) is 0 Å². The standard InChI is InChI=1S/C26H29ClFN5O2/c1-35-24-13-22-19(25(30-15-29-22)31-18-8-9-21(28)20(27)12-18)11-16(24)14-33-10-4-7-23(33)26(34)32-17-5-2-3-6-17/h8-9,11-13,15,17,23H,2-7,10,14H2,1H3,(H,32,34)(H,29,30,31)/t23-/m0/s1. The Morgan fingerprint density at radius 2 is 2.00 bits per heavy atom. The lowest BCUT2D eigenvalue weighted by Gasteiger charge is -2.26. The number of anilines is 2. The third-order valence-corrected chi connectivity index (χ3v) is 7.25. The van der Waals surface area contributed by atoms with Crippen LogP contribution in [0.5, 0.6) is 5.75 Å². The number of halogens is 2. The molecule has 1 aliphatic heterocycles. The quantitative estimate of drug-likeness (QED) is 0.467. The van der Waals surface area contributed by atoms with Crippen LogP contribution in [-0.4, -0.2) is 46.5 Å². The van der Waals surface area contributed by atoms with Crippen LogP contribution in [0.15, 0.2) is 36.7 Å². The average Bonchev–Trinajstić information content (AvgIpc) is 3.53. The van der Waals surface area contributed by atoms with Gasteiger partial charge in [0.05, 0.1) is 23.7 Å². The number of hydrogen-bond acceptors (Lipinski definition) is 6. The van der Waals surface area contributed by atoms with Crippen molar-refractivity contribution in [3.63, 3.8) is 0 Å². The van der Waals surface area contributed by atoms with Gasteiger partial charge in [-0.25, -0.2) is 14.4 Å². The molecule has 0 unspecified atom stereocenters. The fourth-order valence-electron chi connectivity index (χ4n) is 5.15. The third kappa shape index (κ3) is 5.18. The fraction of sp³-hybridized carbons (Fsp3) is 0.423. The van der Waals surface area contributed by atoms with E-state index in [4.69, 9.17) is 16.3 Å². The van der Waals surface area contributed by atoms with Crippen LogP contribution in [0.25, 0.3) is 10.9 Å².